The van der Waals surface area contributed by atoms with Gasteiger partial charge in [-0.1, -0.05) is 84.9 Å². The largest absolute Gasteiger partial charge is 0.370 e. The summed E-state index contributed by atoms with van der Waals surface area (Å²) in [5.41, 5.74) is 6.02. The smallest absolute Gasteiger partial charge is 0.234 e. The molecule has 0 saturated carbocycles. The lowest BCUT2D eigenvalue weighted by Crippen LogP contribution is -2.44. The minimum Gasteiger partial charge on any atom is -0.370 e. The van der Waals surface area contributed by atoms with Crippen LogP contribution in [0.5, 0.6) is 0 Å². The molecular formula is C33H32BrN5O. The van der Waals surface area contributed by atoms with E-state index in [1.807, 2.05) is 53.0 Å². The Balaban J connectivity index is 1.22. The van der Waals surface area contributed by atoms with Gasteiger partial charge in [0.2, 0.25) is 5.91 Å². The zero-order valence-corrected chi connectivity index (χ0v) is 24.1. The molecule has 0 bridgehead atoms. The minimum atomic E-state index is -0.299. The van der Waals surface area contributed by atoms with Gasteiger partial charge in [0.05, 0.1) is 22.3 Å². The Morgan fingerprint density at radius 3 is 2.38 bits per heavy atom. The van der Waals surface area contributed by atoms with E-state index in [9.17, 15) is 4.79 Å². The van der Waals surface area contributed by atoms with E-state index >= 15 is 0 Å². The van der Waals surface area contributed by atoms with Gasteiger partial charge in [-0.05, 0) is 58.3 Å². The molecule has 3 heterocycles. The average molecular weight is 595 g/mol. The molecule has 6 nitrogen and oxygen atoms in total. The number of rotatable bonds is 7. The lowest BCUT2D eigenvalue weighted by atomic mass is 9.88. The molecule has 5 aromatic rings. The lowest BCUT2D eigenvalue weighted by molar-refractivity contribution is -0.133. The van der Waals surface area contributed by atoms with Crippen molar-refractivity contribution < 1.29 is 4.79 Å². The summed E-state index contributed by atoms with van der Waals surface area (Å²) in [5.74, 6) is 1.09. The second-order valence-corrected chi connectivity index (χ2v) is 11.4. The van der Waals surface area contributed by atoms with Crippen LogP contribution in [0, 0.1) is 12.8 Å². The van der Waals surface area contributed by atoms with Crippen LogP contribution in [0.3, 0.4) is 0 Å². The Morgan fingerprint density at radius 1 is 1.00 bits per heavy atom. The van der Waals surface area contributed by atoms with Crippen LogP contribution in [0.15, 0.2) is 102 Å². The number of fused-ring (bicyclic) bond motifs is 1. The van der Waals surface area contributed by atoms with Crippen molar-refractivity contribution in [3.63, 3.8) is 0 Å². The molecule has 1 fully saturated rings. The minimum absolute atomic E-state index is 0.172. The number of halogens is 1. The molecule has 1 saturated heterocycles. The van der Waals surface area contributed by atoms with E-state index in [1.54, 1.807) is 6.20 Å². The number of hydrogen-bond donors (Lipinski definition) is 1. The van der Waals surface area contributed by atoms with E-state index in [1.165, 1.54) is 5.56 Å². The van der Waals surface area contributed by atoms with Crippen LogP contribution >= 0.6 is 15.9 Å². The van der Waals surface area contributed by atoms with Gasteiger partial charge in [0.15, 0.2) is 5.65 Å². The van der Waals surface area contributed by atoms with Crippen LogP contribution in [-0.4, -0.2) is 45.0 Å². The highest BCUT2D eigenvalue weighted by Crippen LogP contribution is 2.31. The number of amides is 1. The number of aromatic nitrogens is 3. The molecule has 1 aliphatic rings. The topological polar surface area (TPSA) is 62.5 Å². The van der Waals surface area contributed by atoms with Crippen molar-refractivity contribution in [3.05, 3.63) is 118 Å². The van der Waals surface area contributed by atoms with E-state index < -0.39 is 0 Å². The SMILES string of the molecule is Cc1ccccc1-c1cc(NCC2CCCN(C(=O)C(c3ccccc3)c3ccccc3)C2)n2ncc(Br)c2n1. The summed E-state index contributed by atoms with van der Waals surface area (Å²) < 4.78 is 2.70. The third kappa shape index (κ3) is 5.39. The molecule has 0 spiro atoms. The molecule has 7 heteroatoms. The Kier molecular flexibility index (Phi) is 7.64. The van der Waals surface area contributed by atoms with Gasteiger partial charge in [0.1, 0.15) is 5.82 Å². The summed E-state index contributed by atoms with van der Waals surface area (Å²) in [5, 5.41) is 8.21. The van der Waals surface area contributed by atoms with Gasteiger partial charge in [-0.2, -0.15) is 9.61 Å². The molecule has 1 N–H and O–H groups in total. The maximum Gasteiger partial charge on any atom is 0.234 e. The Labute approximate surface area is 243 Å². The number of aryl methyl sites for hydroxylation is 1. The van der Waals surface area contributed by atoms with Crippen molar-refractivity contribution in [2.45, 2.75) is 25.7 Å². The molecule has 1 atom stereocenters. The van der Waals surface area contributed by atoms with Crippen LogP contribution in [0.4, 0.5) is 5.82 Å². The normalized spacial score (nSPS) is 15.5. The van der Waals surface area contributed by atoms with Gasteiger partial charge in [-0.15, -0.1) is 0 Å². The number of carbonyl (C=O) groups is 1. The number of hydrogen-bond acceptors (Lipinski definition) is 4. The predicted octanol–water partition coefficient (Wildman–Crippen LogP) is 6.95. The molecule has 1 aliphatic heterocycles. The third-order valence-electron chi connectivity index (χ3n) is 7.77. The number of likely N-dealkylation sites (tertiary alicyclic amines) is 1. The molecule has 1 amide bonds. The molecule has 0 aliphatic carbocycles. The molecular weight excluding hydrogens is 562 g/mol. The zero-order chi connectivity index (χ0) is 27.5. The summed E-state index contributed by atoms with van der Waals surface area (Å²) >= 11 is 3.61. The lowest BCUT2D eigenvalue weighted by Gasteiger charge is -2.35. The number of piperidine rings is 1. The highest BCUT2D eigenvalue weighted by molar-refractivity contribution is 9.10. The fourth-order valence-corrected chi connectivity index (χ4v) is 6.04. The van der Waals surface area contributed by atoms with Crippen LogP contribution in [0.1, 0.15) is 35.4 Å². The second kappa shape index (κ2) is 11.6. The van der Waals surface area contributed by atoms with E-state index in [0.29, 0.717) is 5.92 Å². The fraction of sp³-hybridized carbons (Fsp3) is 0.242. The molecule has 202 valence electrons. The molecule has 3 aromatic carbocycles. The maximum atomic E-state index is 14.0. The van der Waals surface area contributed by atoms with Crippen LogP contribution in [0.2, 0.25) is 0 Å². The first-order valence-corrected chi connectivity index (χ1v) is 14.6. The Morgan fingerprint density at radius 2 is 1.68 bits per heavy atom. The van der Waals surface area contributed by atoms with E-state index in [-0.39, 0.29) is 11.8 Å². The summed E-state index contributed by atoms with van der Waals surface area (Å²) in [6.07, 6.45) is 3.84. The number of benzene rings is 3. The van der Waals surface area contributed by atoms with E-state index in [0.717, 1.165) is 70.8 Å². The summed E-state index contributed by atoms with van der Waals surface area (Å²) in [7, 11) is 0. The molecule has 40 heavy (non-hydrogen) atoms. The molecule has 6 rings (SSSR count). The number of carbonyl (C=O) groups excluding carboxylic acids is 1. The van der Waals surface area contributed by atoms with Crippen molar-refractivity contribution in [3.8, 4) is 11.3 Å². The number of anilines is 1. The summed E-state index contributed by atoms with van der Waals surface area (Å²) in [6.45, 7) is 4.36. The number of nitrogens with one attached hydrogen (secondary N) is 1. The Bertz CT molecular complexity index is 1580. The summed E-state index contributed by atoms with van der Waals surface area (Å²) in [4.78, 5) is 21.0. The van der Waals surface area contributed by atoms with Crippen molar-refractivity contribution in [2.75, 3.05) is 25.0 Å². The maximum absolute atomic E-state index is 14.0. The van der Waals surface area contributed by atoms with Gasteiger partial charge in [-0.3, -0.25) is 4.79 Å². The summed E-state index contributed by atoms with van der Waals surface area (Å²) in [6, 6.07) is 30.6. The third-order valence-corrected chi connectivity index (χ3v) is 8.32. The highest BCUT2D eigenvalue weighted by Gasteiger charge is 2.31. The second-order valence-electron chi connectivity index (χ2n) is 10.5. The van der Waals surface area contributed by atoms with Gasteiger partial charge < -0.3 is 10.2 Å². The standard InChI is InChI=1S/C33H32BrN5O/c1-23-11-8-9-17-27(23)29-19-30(39-32(37-29)28(34)21-36-39)35-20-24-12-10-18-38(22-24)33(40)31(25-13-4-2-5-14-25)26-15-6-3-7-16-26/h2-9,11,13-17,19,21,24,31,35H,10,12,18,20,22H2,1H3. The van der Waals surface area contributed by atoms with Crippen molar-refractivity contribution in [1.82, 2.24) is 19.5 Å². The average Bonchev–Trinajstić information content (AvgIpc) is 3.38. The van der Waals surface area contributed by atoms with Gasteiger partial charge >= 0.3 is 0 Å². The number of nitrogens with zero attached hydrogens (tertiary/aromatic N) is 4. The highest BCUT2D eigenvalue weighted by atomic mass is 79.9. The first-order chi connectivity index (χ1) is 19.6. The van der Waals surface area contributed by atoms with Gasteiger partial charge in [-0.25, -0.2) is 4.98 Å². The first kappa shape index (κ1) is 26.3. The van der Waals surface area contributed by atoms with Crippen molar-refractivity contribution in [1.29, 1.82) is 0 Å². The zero-order valence-electron chi connectivity index (χ0n) is 22.5. The van der Waals surface area contributed by atoms with Crippen LogP contribution in [0.25, 0.3) is 16.9 Å². The molecule has 1 unspecified atom stereocenters. The predicted molar refractivity (Wildman–Crippen MR) is 163 cm³/mol. The fourth-order valence-electron chi connectivity index (χ4n) is 5.69. The van der Waals surface area contributed by atoms with Crippen molar-refractivity contribution >= 4 is 33.3 Å². The molecule has 0 radical (unpaired) electrons. The van der Waals surface area contributed by atoms with Crippen LogP contribution in [-0.2, 0) is 4.79 Å². The quantitative estimate of drug-likeness (QED) is 0.222. The van der Waals surface area contributed by atoms with E-state index in [4.69, 9.17) is 4.98 Å². The first-order valence-electron chi connectivity index (χ1n) is 13.8. The Hall–Kier alpha value is -3.97. The van der Waals surface area contributed by atoms with Crippen LogP contribution < -0.4 is 5.32 Å². The van der Waals surface area contributed by atoms with Crippen molar-refractivity contribution in [2.24, 2.45) is 5.92 Å². The molecule has 2 aromatic heterocycles. The monoisotopic (exact) mass is 593 g/mol. The van der Waals surface area contributed by atoms with Gasteiger partial charge in [0.25, 0.3) is 0 Å². The van der Waals surface area contributed by atoms with Gasteiger partial charge in [0, 0.05) is 31.3 Å². The van der Waals surface area contributed by atoms with E-state index in [2.05, 4.69) is 80.6 Å².